The minimum Gasteiger partial charge on any atom is -0.493 e. The van der Waals surface area contributed by atoms with Crippen molar-refractivity contribution in [1.82, 2.24) is 4.98 Å². The van der Waals surface area contributed by atoms with E-state index in [1.807, 2.05) is 6.92 Å². The first-order valence-electron chi connectivity index (χ1n) is 6.53. The van der Waals surface area contributed by atoms with Crippen LogP contribution < -0.4 is 14.8 Å². The highest BCUT2D eigenvalue weighted by molar-refractivity contribution is 7.15. The van der Waals surface area contributed by atoms with Crippen LogP contribution in [0.5, 0.6) is 11.5 Å². The van der Waals surface area contributed by atoms with Gasteiger partial charge < -0.3 is 9.47 Å². The summed E-state index contributed by atoms with van der Waals surface area (Å²) in [6.07, 6.45) is 4.22. The van der Waals surface area contributed by atoms with E-state index in [9.17, 15) is 13.6 Å². The number of para-hydroxylation sites is 1. The summed E-state index contributed by atoms with van der Waals surface area (Å²) >= 11 is 1.33. The van der Waals surface area contributed by atoms with Gasteiger partial charge in [0.2, 0.25) is 5.91 Å². The second kappa shape index (κ2) is 7.68. The lowest BCUT2D eigenvalue weighted by Gasteiger charge is -2.12. The number of carbonyl (C=O) groups is 1. The van der Waals surface area contributed by atoms with Crippen molar-refractivity contribution in [2.24, 2.45) is 0 Å². The summed E-state index contributed by atoms with van der Waals surface area (Å²) in [5.74, 6) is -0.396. The second-order valence-electron chi connectivity index (χ2n) is 4.36. The van der Waals surface area contributed by atoms with Crippen LogP contribution in [0.2, 0.25) is 0 Å². The normalized spacial score (nSPS) is 11.0. The van der Waals surface area contributed by atoms with Crippen LogP contribution in [0.25, 0.3) is 6.08 Å². The van der Waals surface area contributed by atoms with Gasteiger partial charge in [-0.1, -0.05) is 12.1 Å². The maximum Gasteiger partial charge on any atom is 0.387 e. The summed E-state index contributed by atoms with van der Waals surface area (Å²) < 4.78 is 34.5. The number of rotatable bonds is 6. The van der Waals surface area contributed by atoms with Crippen LogP contribution in [0.3, 0.4) is 0 Å². The van der Waals surface area contributed by atoms with Crippen molar-refractivity contribution < 1.29 is 23.0 Å². The van der Waals surface area contributed by atoms with Crippen molar-refractivity contribution >= 4 is 28.5 Å². The SMILES string of the molecule is COc1cccc(C=CC(=O)Nc2ncc(C)s2)c1OC(F)F. The first kappa shape index (κ1) is 16.9. The number of amides is 1. The lowest BCUT2D eigenvalue weighted by Crippen LogP contribution is -2.08. The summed E-state index contributed by atoms with van der Waals surface area (Å²) in [5, 5.41) is 3.05. The molecule has 1 N–H and O–H groups in total. The van der Waals surface area contributed by atoms with Crippen molar-refractivity contribution in [2.45, 2.75) is 13.5 Å². The molecule has 5 nitrogen and oxygen atoms in total. The summed E-state index contributed by atoms with van der Waals surface area (Å²) in [5.41, 5.74) is 0.301. The van der Waals surface area contributed by atoms with Crippen molar-refractivity contribution in [3.63, 3.8) is 0 Å². The number of carbonyl (C=O) groups excluding carboxylic acids is 1. The zero-order valence-corrected chi connectivity index (χ0v) is 13.2. The smallest absolute Gasteiger partial charge is 0.387 e. The van der Waals surface area contributed by atoms with E-state index in [-0.39, 0.29) is 11.5 Å². The van der Waals surface area contributed by atoms with Gasteiger partial charge in [0.05, 0.1) is 7.11 Å². The average Bonchev–Trinajstić information content (AvgIpc) is 2.90. The summed E-state index contributed by atoms with van der Waals surface area (Å²) in [6.45, 7) is -1.13. The van der Waals surface area contributed by atoms with Crippen LogP contribution in [-0.4, -0.2) is 24.6 Å². The molecule has 0 aliphatic heterocycles. The fourth-order valence-electron chi connectivity index (χ4n) is 1.77. The van der Waals surface area contributed by atoms with Gasteiger partial charge in [-0.3, -0.25) is 10.1 Å². The predicted octanol–water partition coefficient (Wildman–Crippen LogP) is 3.71. The van der Waals surface area contributed by atoms with Crippen LogP contribution in [0, 0.1) is 6.92 Å². The van der Waals surface area contributed by atoms with Gasteiger partial charge >= 0.3 is 6.61 Å². The van der Waals surface area contributed by atoms with Gasteiger partial charge in [0.25, 0.3) is 0 Å². The molecule has 8 heteroatoms. The first-order chi connectivity index (χ1) is 11.0. The molecule has 2 aromatic rings. The number of aromatic nitrogens is 1. The van der Waals surface area contributed by atoms with E-state index < -0.39 is 12.5 Å². The first-order valence-corrected chi connectivity index (χ1v) is 7.34. The lowest BCUT2D eigenvalue weighted by atomic mass is 10.1. The second-order valence-corrected chi connectivity index (χ2v) is 5.59. The molecule has 0 unspecified atom stereocenters. The van der Waals surface area contributed by atoms with Gasteiger partial charge in [-0.2, -0.15) is 8.78 Å². The summed E-state index contributed by atoms with van der Waals surface area (Å²) in [6, 6.07) is 4.64. The molecule has 0 fully saturated rings. The number of alkyl halides is 2. The van der Waals surface area contributed by atoms with E-state index in [1.54, 1.807) is 12.3 Å². The number of methoxy groups -OCH3 is 1. The van der Waals surface area contributed by atoms with Crippen molar-refractivity contribution in [2.75, 3.05) is 12.4 Å². The summed E-state index contributed by atoms with van der Waals surface area (Å²) in [7, 11) is 1.35. The van der Waals surface area contributed by atoms with E-state index in [4.69, 9.17) is 4.74 Å². The van der Waals surface area contributed by atoms with E-state index >= 15 is 0 Å². The molecule has 2 rings (SSSR count). The minimum atomic E-state index is -2.99. The van der Waals surface area contributed by atoms with E-state index in [0.717, 1.165) is 4.88 Å². The molecule has 122 valence electrons. The highest BCUT2D eigenvalue weighted by Gasteiger charge is 2.14. The van der Waals surface area contributed by atoms with Crippen LogP contribution in [-0.2, 0) is 4.79 Å². The Balaban J connectivity index is 2.16. The molecule has 23 heavy (non-hydrogen) atoms. The molecule has 0 aliphatic rings. The Hall–Kier alpha value is -2.48. The number of nitrogens with one attached hydrogen (secondary N) is 1. The maximum atomic E-state index is 12.5. The molecule has 1 aromatic heterocycles. The van der Waals surface area contributed by atoms with Gasteiger partial charge in [0.1, 0.15) is 0 Å². The van der Waals surface area contributed by atoms with Crippen LogP contribution in [0.15, 0.2) is 30.5 Å². The molecule has 0 bridgehead atoms. The minimum absolute atomic E-state index is 0.126. The number of nitrogens with zero attached hydrogens (tertiary/aromatic N) is 1. The van der Waals surface area contributed by atoms with Crippen LogP contribution in [0.4, 0.5) is 13.9 Å². The Morgan fingerprint density at radius 2 is 2.22 bits per heavy atom. The fourth-order valence-corrected chi connectivity index (χ4v) is 2.43. The number of thiazole rings is 1. The monoisotopic (exact) mass is 340 g/mol. The zero-order chi connectivity index (χ0) is 16.8. The van der Waals surface area contributed by atoms with Gasteiger partial charge in [0.15, 0.2) is 16.6 Å². The molecule has 0 spiro atoms. The fraction of sp³-hybridized carbons (Fsp3) is 0.200. The van der Waals surface area contributed by atoms with Gasteiger partial charge in [-0.25, -0.2) is 4.98 Å². The Morgan fingerprint density at radius 3 is 2.83 bits per heavy atom. The zero-order valence-electron chi connectivity index (χ0n) is 12.4. The third-order valence-corrected chi connectivity index (χ3v) is 3.53. The molecular weight excluding hydrogens is 326 g/mol. The Labute approximate surface area is 135 Å². The van der Waals surface area contributed by atoms with E-state index in [0.29, 0.717) is 10.7 Å². The number of halogens is 2. The van der Waals surface area contributed by atoms with Gasteiger partial charge in [-0.15, -0.1) is 11.3 Å². The molecule has 1 heterocycles. The quantitative estimate of drug-likeness (QED) is 0.814. The van der Waals surface area contributed by atoms with Crippen molar-refractivity contribution in [3.8, 4) is 11.5 Å². The Morgan fingerprint density at radius 1 is 1.43 bits per heavy atom. The Kier molecular flexibility index (Phi) is 5.64. The van der Waals surface area contributed by atoms with Gasteiger partial charge in [-0.05, 0) is 19.1 Å². The molecule has 0 saturated heterocycles. The number of benzene rings is 1. The average molecular weight is 340 g/mol. The molecule has 1 aromatic carbocycles. The number of aryl methyl sites for hydroxylation is 1. The Bertz CT molecular complexity index is 716. The molecule has 0 radical (unpaired) electrons. The lowest BCUT2D eigenvalue weighted by molar-refractivity contribution is -0.111. The molecule has 1 amide bonds. The highest BCUT2D eigenvalue weighted by Crippen LogP contribution is 2.33. The molecular formula is C15H14F2N2O3S. The third-order valence-electron chi connectivity index (χ3n) is 2.70. The molecule has 0 aliphatic carbocycles. The number of ether oxygens (including phenoxy) is 2. The van der Waals surface area contributed by atoms with Crippen LogP contribution >= 0.6 is 11.3 Å². The number of hydrogen-bond donors (Lipinski definition) is 1. The third kappa shape index (κ3) is 4.75. The number of anilines is 1. The van der Waals surface area contributed by atoms with E-state index in [2.05, 4.69) is 15.0 Å². The van der Waals surface area contributed by atoms with Crippen molar-refractivity contribution in [3.05, 3.63) is 40.9 Å². The topological polar surface area (TPSA) is 60.5 Å². The number of hydrogen-bond acceptors (Lipinski definition) is 5. The van der Waals surface area contributed by atoms with Gasteiger partial charge in [0, 0.05) is 22.7 Å². The van der Waals surface area contributed by atoms with E-state index in [1.165, 1.54) is 42.7 Å². The molecule has 0 atom stereocenters. The predicted molar refractivity (Wildman–Crippen MR) is 84.1 cm³/mol. The largest absolute Gasteiger partial charge is 0.493 e. The van der Waals surface area contributed by atoms with Crippen molar-refractivity contribution in [1.29, 1.82) is 0 Å². The van der Waals surface area contributed by atoms with Crippen LogP contribution in [0.1, 0.15) is 10.4 Å². The maximum absolute atomic E-state index is 12.5. The summed E-state index contributed by atoms with van der Waals surface area (Å²) in [4.78, 5) is 16.8. The molecule has 0 saturated carbocycles. The highest BCUT2D eigenvalue weighted by atomic mass is 32.1. The standard InChI is InChI=1S/C15H14F2N2O3S/c1-9-8-18-15(23-9)19-12(20)7-6-10-4-3-5-11(21-2)13(10)22-14(16)17/h3-8,14H,1-2H3,(H,18,19,20).